The Balaban J connectivity index is 1.60. The number of nitrogens with zero attached hydrogens (tertiary/aromatic N) is 4. The Bertz CT molecular complexity index is 825. The number of rotatable bonds is 8. The van der Waals surface area contributed by atoms with Gasteiger partial charge in [0.25, 0.3) is 0 Å². The van der Waals surface area contributed by atoms with Crippen LogP contribution in [0, 0.1) is 20.8 Å². The number of nitrogens with one attached hydrogen (secondary N) is 1. The van der Waals surface area contributed by atoms with Crippen molar-refractivity contribution in [2.24, 2.45) is 5.73 Å². The smallest absolute Gasteiger partial charge is 0.125 e. The predicted octanol–water partition coefficient (Wildman–Crippen LogP) is 2.56. The predicted molar refractivity (Wildman–Crippen MR) is 116 cm³/mol. The van der Waals surface area contributed by atoms with Crippen molar-refractivity contribution in [2.75, 3.05) is 39.3 Å². The van der Waals surface area contributed by atoms with Crippen LogP contribution in [0.1, 0.15) is 47.4 Å². The summed E-state index contributed by atoms with van der Waals surface area (Å²) < 4.78 is 6.04. The number of aromatic nitrogens is 3. The molecule has 158 valence electrons. The molecule has 1 saturated heterocycles. The molecule has 8 heteroatoms. The highest BCUT2D eigenvalue weighted by Gasteiger charge is 2.21. The van der Waals surface area contributed by atoms with Crippen LogP contribution in [0.25, 0.3) is 0 Å². The first kappa shape index (κ1) is 21.9. The van der Waals surface area contributed by atoms with Crippen LogP contribution in [0.2, 0.25) is 5.02 Å². The van der Waals surface area contributed by atoms with E-state index in [2.05, 4.69) is 25.2 Å². The van der Waals surface area contributed by atoms with Crippen molar-refractivity contribution >= 4 is 11.6 Å². The average Bonchev–Trinajstić information content (AvgIpc) is 2.72. The van der Waals surface area contributed by atoms with Crippen molar-refractivity contribution in [1.29, 1.82) is 0 Å². The van der Waals surface area contributed by atoms with E-state index < -0.39 is 6.04 Å². The molecular weight excluding hydrogens is 388 g/mol. The Morgan fingerprint density at radius 1 is 1.17 bits per heavy atom. The number of aryl methyl sites for hydroxylation is 2. The topological polar surface area (TPSA) is 89.2 Å². The number of ether oxygens (including phenoxy) is 1. The zero-order valence-electron chi connectivity index (χ0n) is 17.5. The van der Waals surface area contributed by atoms with Gasteiger partial charge in [-0.15, -0.1) is 0 Å². The molecule has 1 unspecified atom stereocenters. The molecule has 3 rings (SSSR count). The lowest BCUT2D eigenvalue weighted by atomic mass is 10.0. The average molecular weight is 419 g/mol. The molecule has 2 aromatic rings. The van der Waals surface area contributed by atoms with Crippen molar-refractivity contribution in [3.05, 3.63) is 45.8 Å². The summed E-state index contributed by atoms with van der Waals surface area (Å²) in [6.45, 7) is 11.9. The lowest BCUT2D eigenvalue weighted by Crippen LogP contribution is -2.43. The van der Waals surface area contributed by atoms with Crippen molar-refractivity contribution < 1.29 is 4.74 Å². The first-order valence-corrected chi connectivity index (χ1v) is 10.6. The number of hydrogen-bond acceptors (Lipinski definition) is 7. The molecule has 3 heterocycles. The summed E-state index contributed by atoms with van der Waals surface area (Å²) in [6.07, 6.45) is 3.88. The SMILES string of the molecule is Cc1nc(C)c(Cl)c(C(N)c2nccc(OCCCCN3CCNCC3)c2C)n1. The minimum atomic E-state index is -0.529. The standard InChI is InChI=1S/C21H31ClN6O/c1-14-17(29-13-5-4-10-28-11-8-24-9-12-28)6-7-25-20(14)19(23)21-18(22)15(2)26-16(3)27-21/h6-7,19,24H,4-5,8-13,23H2,1-3H3. The summed E-state index contributed by atoms with van der Waals surface area (Å²) >= 11 is 6.41. The Morgan fingerprint density at radius 2 is 1.93 bits per heavy atom. The number of unbranched alkanes of at least 4 members (excludes halogenated alkanes) is 1. The Hall–Kier alpha value is -1.80. The third-order valence-corrected chi connectivity index (χ3v) is 5.74. The number of piperazine rings is 1. The van der Waals surface area contributed by atoms with Crippen LogP contribution in [0.5, 0.6) is 5.75 Å². The summed E-state index contributed by atoms with van der Waals surface area (Å²) in [6, 6.07) is 1.36. The van der Waals surface area contributed by atoms with Gasteiger partial charge in [-0.3, -0.25) is 4.98 Å². The molecule has 0 aromatic carbocycles. The van der Waals surface area contributed by atoms with Gasteiger partial charge in [0, 0.05) is 37.9 Å². The Morgan fingerprint density at radius 3 is 2.69 bits per heavy atom. The molecule has 7 nitrogen and oxygen atoms in total. The van der Waals surface area contributed by atoms with E-state index in [1.54, 1.807) is 6.20 Å². The second-order valence-electron chi connectivity index (χ2n) is 7.50. The van der Waals surface area contributed by atoms with Crippen molar-refractivity contribution in [3.8, 4) is 5.75 Å². The van der Waals surface area contributed by atoms with E-state index in [4.69, 9.17) is 22.1 Å². The monoisotopic (exact) mass is 418 g/mol. The maximum absolute atomic E-state index is 6.48. The normalized spacial score (nSPS) is 16.0. The van der Waals surface area contributed by atoms with Crippen LogP contribution in [0.15, 0.2) is 12.3 Å². The second kappa shape index (κ2) is 10.3. The fourth-order valence-electron chi connectivity index (χ4n) is 3.62. The minimum absolute atomic E-state index is 0.489. The molecule has 0 spiro atoms. The minimum Gasteiger partial charge on any atom is -0.493 e. The van der Waals surface area contributed by atoms with Crippen LogP contribution in [0.4, 0.5) is 0 Å². The van der Waals surface area contributed by atoms with E-state index in [1.807, 2.05) is 26.8 Å². The van der Waals surface area contributed by atoms with Gasteiger partial charge in [-0.1, -0.05) is 11.6 Å². The van der Waals surface area contributed by atoms with E-state index in [-0.39, 0.29) is 0 Å². The molecule has 0 radical (unpaired) electrons. The summed E-state index contributed by atoms with van der Waals surface area (Å²) in [5.74, 6) is 1.46. The number of nitrogens with two attached hydrogens (primary N) is 1. The van der Waals surface area contributed by atoms with E-state index in [0.717, 1.165) is 68.3 Å². The molecule has 0 aliphatic carbocycles. The molecule has 1 aliphatic heterocycles. The maximum Gasteiger partial charge on any atom is 0.125 e. The van der Waals surface area contributed by atoms with Crippen molar-refractivity contribution in [1.82, 2.24) is 25.2 Å². The van der Waals surface area contributed by atoms with E-state index >= 15 is 0 Å². The fraction of sp³-hybridized carbons (Fsp3) is 0.571. The summed E-state index contributed by atoms with van der Waals surface area (Å²) in [4.78, 5) is 15.7. The highest BCUT2D eigenvalue weighted by Crippen LogP contribution is 2.30. The van der Waals surface area contributed by atoms with Gasteiger partial charge in [-0.25, -0.2) is 9.97 Å². The molecule has 29 heavy (non-hydrogen) atoms. The van der Waals surface area contributed by atoms with E-state index in [1.165, 1.54) is 0 Å². The summed E-state index contributed by atoms with van der Waals surface area (Å²) in [5.41, 5.74) is 9.45. The number of pyridine rings is 1. The number of hydrogen-bond donors (Lipinski definition) is 2. The molecule has 1 aliphatic rings. The highest BCUT2D eigenvalue weighted by molar-refractivity contribution is 6.31. The van der Waals surface area contributed by atoms with E-state index in [9.17, 15) is 0 Å². The van der Waals surface area contributed by atoms with Gasteiger partial charge in [-0.2, -0.15) is 0 Å². The third kappa shape index (κ3) is 5.63. The van der Waals surface area contributed by atoms with Gasteiger partial charge in [0.1, 0.15) is 11.6 Å². The van der Waals surface area contributed by atoms with Crippen LogP contribution >= 0.6 is 11.6 Å². The molecule has 0 bridgehead atoms. The summed E-state index contributed by atoms with van der Waals surface area (Å²) in [5, 5.41) is 3.87. The highest BCUT2D eigenvalue weighted by atomic mass is 35.5. The second-order valence-corrected chi connectivity index (χ2v) is 7.88. The zero-order valence-corrected chi connectivity index (χ0v) is 18.3. The lowest BCUT2D eigenvalue weighted by molar-refractivity contribution is 0.226. The first-order chi connectivity index (χ1) is 14.0. The van der Waals surface area contributed by atoms with Crippen molar-refractivity contribution in [3.63, 3.8) is 0 Å². The zero-order chi connectivity index (χ0) is 20.8. The molecular formula is C21H31ClN6O. The summed E-state index contributed by atoms with van der Waals surface area (Å²) in [7, 11) is 0. The molecule has 2 aromatic heterocycles. The quantitative estimate of drug-likeness (QED) is 0.636. The fourth-order valence-corrected chi connectivity index (χ4v) is 3.82. The van der Waals surface area contributed by atoms with Crippen LogP contribution in [-0.4, -0.2) is 59.2 Å². The molecule has 1 atom stereocenters. The van der Waals surface area contributed by atoms with Gasteiger partial charge in [0.05, 0.1) is 34.8 Å². The largest absolute Gasteiger partial charge is 0.493 e. The van der Waals surface area contributed by atoms with Crippen LogP contribution < -0.4 is 15.8 Å². The van der Waals surface area contributed by atoms with Gasteiger partial charge in [0.2, 0.25) is 0 Å². The molecule has 0 amide bonds. The third-order valence-electron chi connectivity index (χ3n) is 5.27. The van der Waals surface area contributed by atoms with Gasteiger partial charge in [0.15, 0.2) is 0 Å². The molecule has 1 fully saturated rings. The van der Waals surface area contributed by atoms with Gasteiger partial charge in [-0.05, 0) is 46.2 Å². The molecule has 3 N–H and O–H groups in total. The van der Waals surface area contributed by atoms with Crippen LogP contribution in [-0.2, 0) is 0 Å². The van der Waals surface area contributed by atoms with Gasteiger partial charge < -0.3 is 20.7 Å². The van der Waals surface area contributed by atoms with E-state index in [0.29, 0.717) is 23.1 Å². The van der Waals surface area contributed by atoms with Gasteiger partial charge >= 0.3 is 0 Å². The van der Waals surface area contributed by atoms with Crippen LogP contribution in [0.3, 0.4) is 0 Å². The maximum atomic E-state index is 6.48. The molecule has 0 saturated carbocycles. The number of halogens is 1. The van der Waals surface area contributed by atoms with Crippen molar-refractivity contribution in [2.45, 2.75) is 39.7 Å². The Kier molecular flexibility index (Phi) is 7.77. The first-order valence-electron chi connectivity index (χ1n) is 10.2. The lowest BCUT2D eigenvalue weighted by Gasteiger charge is -2.27. The Labute approximate surface area is 178 Å².